The molecule has 1 unspecified atom stereocenters. The highest BCUT2D eigenvalue weighted by atomic mass is 32.1. The standard InChI is InChI=1S/C15H26N2O2S/c1-3-7-19-12-5-4-6-17(10-12)14(18)15(13(16)20)8-11(2)9-15/h11-12H,3-10H2,1-2H3,(H2,16,20). The molecule has 2 aliphatic rings. The Morgan fingerprint density at radius 3 is 2.75 bits per heavy atom. The number of ether oxygens (including phenoxy) is 1. The van der Waals surface area contributed by atoms with Gasteiger partial charge in [-0.3, -0.25) is 4.79 Å². The predicted octanol–water partition coefficient (Wildman–Crippen LogP) is 2.11. The normalized spacial score (nSPS) is 33.6. The fourth-order valence-corrected chi connectivity index (χ4v) is 3.71. The zero-order valence-electron chi connectivity index (χ0n) is 12.6. The zero-order chi connectivity index (χ0) is 14.8. The summed E-state index contributed by atoms with van der Waals surface area (Å²) in [7, 11) is 0. The quantitative estimate of drug-likeness (QED) is 0.790. The summed E-state index contributed by atoms with van der Waals surface area (Å²) in [6.07, 6.45) is 4.84. The van der Waals surface area contributed by atoms with Gasteiger partial charge in [0.25, 0.3) is 0 Å². The number of hydrogen-bond acceptors (Lipinski definition) is 3. The molecule has 0 bridgehead atoms. The molecule has 0 aromatic carbocycles. The maximum atomic E-state index is 12.8. The molecule has 1 saturated heterocycles. The minimum absolute atomic E-state index is 0.132. The smallest absolute Gasteiger partial charge is 0.235 e. The molecule has 1 aliphatic carbocycles. The van der Waals surface area contributed by atoms with Crippen molar-refractivity contribution in [1.29, 1.82) is 0 Å². The lowest BCUT2D eigenvalue weighted by Crippen LogP contribution is -2.59. The monoisotopic (exact) mass is 298 g/mol. The van der Waals surface area contributed by atoms with Crippen molar-refractivity contribution < 1.29 is 9.53 Å². The molecule has 0 spiro atoms. The Morgan fingerprint density at radius 2 is 2.20 bits per heavy atom. The minimum Gasteiger partial charge on any atom is -0.392 e. The van der Waals surface area contributed by atoms with Gasteiger partial charge in [-0.1, -0.05) is 26.1 Å². The van der Waals surface area contributed by atoms with E-state index in [-0.39, 0.29) is 12.0 Å². The third-order valence-electron chi connectivity index (χ3n) is 4.50. The van der Waals surface area contributed by atoms with E-state index in [1.807, 2.05) is 4.90 Å². The third-order valence-corrected chi connectivity index (χ3v) is 4.89. The molecular weight excluding hydrogens is 272 g/mol. The molecule has 1 heterocycles. The van der Waals surface area contributed by atoms with Gasteiger partial charge in [-0.15, -0.1) is 0 Å². The first-order valence-corrected chi connectivity index (χ1v) is 8.11. The second-order valence-corrected chi connectivity index (χ2v) is 6.79. The van der Waals surface area contributed by atoms with Crippen molar-refractivity contribution in [3.05, 3.63) is 0 Å². The Bertz CT molecular complexity index is 380. The Labute approximate surface area is 127 Å². The largest absolute Gasteiger partial charge is 0.392 e. The van der Waals surface area contributed by atoms with Crippen LogP contribution in [-0.2, 0) is 9.53 Å². The highest BCUT2D eigenvalue weighted by Gasteiger charge is 2.52. The summed E-state index contributed by atoms with van der Waals surface area (Å²) >= 11 is 5.18. The van der Waals surface area contributed by atoms with E-state index in [0.717, 1.165) is 45.3 Å². The number of thiocarbonyl (C=S) groups is 1. The number of rotatable bonds is 5. The van der Waals surface area contributed by atoms with E-state index < -0.39 is 5.41 Å². The molecule has 2 fully saturated rings. The average Bonchev–Trinajstić information content (AvgIpc) is 2.40. The van der Waals surface area contributed by atoms with Crippen molar-refractivity contribution in [2.75, 3.05) is 19.7 Å². The molecule has 2 rings (SSSR count). The molecular formula is C15H26N2O2S. The van der Waals surface area contributed by atoms with Crippen LogP contribution in [0.2, 0.25) is 0 Å². The maximum Gasteiger partial charge on any atom is 0.235 e. The fraction of sp³-hybridized carbons (Fsp3) is 0.867. The Morgan fingerprint density at radius 1 is 1.50 bits per heavy atom. The van der Waals surface area contributed by atoms with E-state index in [0.29, 0.717) is 17.5 Å². The van der Waals surface area contributed by atoms with Crippen molar-refractivity contribution >= 4 is 23.1 Å². The molecule has 1 saturated carbocycles. The molecule has 5 heteroatoms. The van der Waals surface area contributed by atoms with Gasteiger partial charge in [-0.05, 0) is 38.0 Å². The second-order valence-electron chi connectivity index (χ2n) is 6.35. The van der Waals surface area contributed by atoms with Crippen LogP contribution in [0.25, 0.3) is 0 Å². The lowest BCUT2D eigenvalue weighted by Gasteiger charge is -2.48. The van der Waals surface area contributed by atoms with Gasteiger partial charge in [0.1, 0.15) is 0 Å². The van der Waals surface area contributed by atoms with Crippen LogP contribution in [0.5, 0.6) is 0 Å². The third kappa shape index (κ3) is 2.98. The SMILES string of the molecule is CCCOC1CCCN(C(=O)C2(C(N)=S)CC(C)C2)C1. The van der Waals surface area contributed by atoms with Crippen molar-refractivity contribution in [3.8, 4) is 0 Å². The van der Waals surface area contributed by atoms with Gasteiger partial charge in [0.05, 0.1) is 16.5 Å². The van der Waals surface area contributed by atoms with Crippen LogP contribution in [0, 0.1) is 11.3 Å². The van der Waals surface area contributed by atoms with Crippen molar-refractivity contribution in [2.45, 2.75) is 52.1 Å². The van der Waals surface area contributed by atoms with E-state index in [1.54, 1.807) is 0 Å². The molecule has 114 valence electrons. The first-order valence-electron chi connectivity index (χ1n) is 7.70. The van der Waals surface area contributed by atoms with Crippen LogP contribution in [-0.4, -0.2) is 41.6 Å². The van der Waals surface area contributed by atoms with Crippen LogP contribution in [0.15, 0.2) is 0 Å². The number of carbonyl (C=O) groups excluding carboxylic acids is 1. The van der Waals surface area contributed by atoms with Crippen LogP contribution in [0.4, 0.5) is 0 Å². The number of amides is 1. The summed E-state index contributed by atoms with van der Waals surface area (Å²) in [6.45, 7) is 6.52. The highest BCUT2D eigenvalue weighted by Crippen LogP contribution is 2.47. The molecule has 0 radical (unpaired) electrons. The van der Waals surface area contributed by atoms with Crippen LogP contribution in [0.1, 0.15) is 46.0 Å². The maximum absolute atomic E-state index is 12.8. The van der Waals surface area contributed by atoms with E-state index in [1.165, 1.54) is 0 Å². The van der Waals surface area contributed by atoms with Crippen LogP contribution in [0.3, 0.4) is 0 Å². The van der Waals surface area contributed by atoms with Crippen molar-refractivity contribution in [3.63, 3.8) is 0 Å². The summed E-state index contributed by atoms with van der Waals surface area (Å²) in [5.74, 6) is 0.672. The van der Waals surface area contributed by atoms with Gasteiger partial charge in [0.2, 0.25) is 5.91 Å². The van der Waals surface area contributed by atoms with Crippen molar-refractivity contribution in [2.24, 2.45) is 17.1 Å². The van der Waals surface area contributed by atoms with E-state index in [2.05, 4.69) is 13.8 Å². The molecule has 1 amide bonds. The number of carbonyl (C=O) groups is 1. The zero-order valence-corrected chi connectivity index (χ0v) is 13.4. The summed E-state index contributed by atoms with van der Waals surface area (Å²) < 4.78 is 5.80. The minimum atomic E-state index is -0.568. The first-order chi connectivity index (χ1) is 9.49. The second kappa shape index (κ2) is 6.39. The van der Waals surface area contributed by atoms with Gasteiger partial charge in [0, 0.05) is 19.7 Å². The number of likely N-dealkylation sites (tertiary alicyclic amines) is 1. The molecule has 0 aromatic heterocycles. The lowest BCUT2D eigenvalue weighted by atomic mass is 9.61. The fourth-order valence-electron chi connectivity index (χ4n) is 3.46. The summed E-state index contributed by atoms with van der Waals surface area (Å²) in [5.41, 5.74) is 5.30. The molecule has 0 aromatic rings. The average molecular weight is 298 g/mol. The van der Waals surface area contributed by atoms with Crippen LogP contribution >= 0.6 is 12.2 Å². The number of nitrogens with two attached hydrogens (primary N) is 1. The van der Waals surface area contributed by atoms with Crippen molar-refractivity contribution in [1.82, 2.24) is 4.90 Å². The van der Waals surface area contributed by atoms with E-state index in [4.69, 9.17) is 22.7 Å². The van der Waals surface area contributed by atoms with E-state index >= 15 is 0 Å². The topological polar surface area (TPSA) is 55.6 Å². The predicted molar refractivity (Wildman–Crippen MR) is 83.5 cm³/mol. The molecule has 1 aliphatic heterocycles. The number of hydrogen-bond donors (Lipinski definition) is 1. The van der Waals surface area contributed by atoms with Gasteiger partial charge < -0.3 is 15.4 Å². The molecule has 1 atom stereocenters. The molecule has 2 N–H and O–H groups in total. The Kier molecular flexibility index (Phi) is 5.02. The highest BCUT2D eigenvalue weighted by molar-refractivity contribution is 7.80. The van der Waals surface area contributed by atoms with Gasteiger partial charge in [0.15, 0.2) is 0 Å². The number of piperidine rings is 1. The van der Waals surface area contributed by atoms with Gasteiger partial charge in [-0.2, -0.15) is 0 Å². The van der Waals surface area contributed by atoms with Gasteiger partial charge in [-0.25, -0.2) is 0 Å². The first kappa shape index (κ1) is 15.7. The lowest BCUT2D eigenvalue weighted by molar-refractivity contribution is -0.148. The molecule has 4 nitrogen and oxygen atoms in total. The van der Waals surface area contributed by atoms with E-state index in [9.17, 15) is 4.79 Å². The Balaban J connectivity index is 1.99. The number of nitrogens with zero attached hydrogens (tertiary/aromatic N) is 1. The van der Waals surface area contributed by atoms with Gasteiger partial charge >= 0.3 is 0 Å². The summed E-state index contributed by atoms with van der Waals surface area (Å²) in [4.78, 5) is 15.1. The summed E-state index contributed by atoms with van der Waals surface area (Å²) in [5, 5.41) is 0. The Hall–Kier alpha value is -0.680. The summed E-state index contributed by atoms with van der Waals surface area (Å²) in [6, 6.07) is 0. The van der Waals surface area contributed by atoms with Crippen LogP contribution < -0.4 is 5.73 Å². The molecule has 20 heavy (non-hydrogen) atoms.